The van der Waals surface area contributed by atoms with Crippen molar-refractivity contribution in [2.75, 3.05) is 13.6 Å². The van der Waals surface area contributed by atoms with Crippen molar-refractivity contribution >= 4 is 15.9 Å². The Morgan fingerprint density at radius 1 is 1.15 bits per heavy atom. The van der Waals surface area contributed by atoms with Crippen LogP contribution in [0.2, 0.25) is 0 Å². The van der Waals surface area contributed by atoms with Gasteiger partial charge in [0.25, 0.3) is 0 Å². The summed E-state index contributed by atoms with van der Waals surface area (Å²) in [6.45, 7) is 0.947. The van der Waals surface area contributed by atoms with Crippen molar-refractivity contribution < 1.29 is 4.39 Å². The van der Waals surface area contributed by atoms with Crippen molar-refractivity contribution in [3.63, 3.8) is 0 Å². The lowest BCUT2D eigenvalue weighted by molar-refractivity contribution is 0.582. The van der Waals surface area contributed by atoms with Crippen LogP contribution >= 0.6 is 15.9 Å². The molecule has 0 heterocycles. The Morgan fingerprint density at radius 2 is 1.90 bits per heavy atom. The van der Waals surface area contributed by atoms with Crippen LogP contribution in [-0.4, -0.2) is 13.6 Å². The number of aryl methyl sites for hydroxylation is 1. The molecule has 2 rings (SSSR count). The molecule has 1 nitrogen and oxygen atoms in total. The zero-order valence-electron chi connectivity index (χ0n) is 11.6. The number of nitrogens with one attached hydrogen (secondary N) is 1. The van der Waals surface area contributed by atoms with Crippen LogP contribution in [0.1, 0.15) is 23.5 Å². The highest BCUT2D eigenvalue weighted by molar-refractivity contribution is 9.10. The zero-order valence-corrected chi connectivity index (χ0v) is 13.2. The molecule has 0 saturated carbocycles. The number of likely N-dealkylation sites (N-methyl/N-ethyl adjacent to an activating group) is 1. The standard InChI is InChI=1S/C17H19BrFN/c1-20-12-15(13-5-3-2-4-6-13)8-7-14-9-10-16(19)11-17(14)18/h2-6,9-11,15,20H,7-8,12H2,1H3. The molecule has 0 fully saturated rings. The first-order chi connectivity index (χ1) is 9.70. The predicted octanol–water partition coefficient (Wildman–Crippen LogP) is 4.52. The van der Waals surface area contributed by atoms with Gasteiger partial charge in [-0.25, -0.2) is 4.39 Å². The third-order valence-electron chi connectivity index (χ3n) is 3.50. The van der Waals surface area contributed by atoms with Gasteiger partial charge >= 0.3 is 0 Å². The van der Waals surface area contributed by atoms with Crippen LogP contribution in [-0.2, 0) is 6.42 Å². The van der Waals surface area contributed by atoms with Crippen molar-refractivity contribution in [3.8, 4) is 0 Å². The average Bonchev–Trinajstić information content (AvgIpc) is 2.46. The first-order valence-electron chi connectivity index (χ1n) is 6.84. The van der Waals surface area contributed by atoms with E-state index in [0.717, 1.165) is 29.4 Å². The summed E-state index contributed by atoms with van der Waals surface area (Å²) < 4.78 is 13.9. The predicted molar refractivity (Wildman–Crippen MR) is 85.5 cm³/mol. The van der Waals surface area contributed by atoms with Crippen molar-refractivity contribution in [2.24, 2.45) is 0 Å². The number of benzene rings is 2. The third kappa shape index (κ3) is 4.15. The van der Waals surface area contributed by atoms with E-state index >= 15 is 0 Å². The van der Waals surface area contributed by atoms with Crippen LogP contribution in [0.4, 0.5) is 4.39 Å². The normalized spacial score (nSPS) is 12.3. The van der Waals surface area contributed by atoms with Crippen LogP contribution in [0.3, 0.4) is 0 Å². The second kappa shape index (κ2) is 7.55. The SMILES string of the molecule is CNCC(CCc1ccc(F)cc1Br)c1ccccc1. The highest BCUT2D eigenvalue weighted by Crippen LogP contribution is 2.25. The molecule has 106 valence electrons. The van der Waals surface area contributed by atoms with Crippen LogP contribution in [0.5, 0.6) is 0 Å². The third-order valence-corrected chi connectivity index (χ3v) is 4.24. The number of halogens is 2. The van der Waals surface area contributed by atoms with Gasteiger partial charge in [0, 0.05) is 11.0 Å². The molecule has 0 spiro atoms. The molecule has 0 aliphatic heterocycles. The van der Waals surface area contributed by atoms with Gasteiger partial charge in [0.05, 0.1) is 0 Å². The van der Waals surface area contributed by atoms with Crippen molar-refractivity contribution in [1.82, 2.24) is 5.32 Å². The molecule has 0 bridgehead atoms. The molecule has 2 aromatic rings. The van der Waals surface area contributed by atoms with Gasteiger partial charge in [-0.15, -0.1) is 0 Å². The topological polar surface area (TPSA) is 12.0 Å². The molecule has 0 amide bonds. The molecule has 0 aliphatic carbocycles. The van der Waals surface area contributed by atoms with E-state index in [1.54, 1.807) is 0 Å². The highest BCUT2D eigenvalue weighted by atomic mass is 79.9. The second-order valence-electron chi connectivity index (χ2n) is 4.94. The minimum absolute atomic E-state index is 0.199. The molecule has 0 aliphatic rings. The number of hydrogen-bond acceptors (Lipinski definition) is 1. The van der Waals surface area contributed by atoms with E-state index in [1.165, 1.54) is 17.7 Å². The number of hydrogen-bond donors (Lipinski definition) is 1. The largest absolute Gasteiger partial charge is 0.319 e. The number of rotatable bonds is 6. The summed E-state index contributed by atoms with van der Waals surface area (Å²) in [6.07, 6.45) is 1.97. The zero-order chi connectivity index (χ0) is 14.4. The van der Waals surface area contributed by atoms with E-state index in [4.69, 9.17) is 0 Å². The van der Waals surface area contributed by atoms with Crippen molar-refractivity contribution in [1.29, 1.82) is 0 Å². The van der Waals surface area contributed by atoms with Gasteiger partial charge in [-0.05, 0) is 49.1 Å². The smallest absolute Gasteiger partial charge is 0.124 e. The second-order valence-corrected chi connectivity index (χ2v) is 5.79. The molecule has 0 aromatic heterocycles. The minimum atomic E-state index is -0.199. The van der Waals surface area contributed by atoms with Crippen molar-refractivity contribution in [2.45, 2.75) is 18.8 Å². The first-order valence-corrected chi connectivity index (χ1v) is 7.63. The fourth-order valence-electron chi connectivity index (χ4n) is 2.41. The summed E-state index contributed by atoms with van der Waals surface area (Å²) in [5.74, 6) is 0.272. The van der Waals surface area contributed by atoms with Crippen molar-refractivity contribution in [3.05, 3.63) is 69.9 Å². The lowest BCUT2D eigenvalue weighted by Gasteiger charge is -2.17. The summed E-state index contributed by atoms with van der Waals surface area (Å²) in [5.41, 5.74) is 2.50. The van der Waals surface area contributed by atoms with Gasteiger partial charge in [-0.2, -0.15) is 0 Å². The van der Waals surface area contributed by atoms with Gasteiger partial charge in [-0.1, -0.05) is 52.3 Å². The lowest BCUT2D eigenvalue weighted by Crippen LogP contribution is -2.18. The fourth-order valence-corrected chi connectivity index (χ4v) is 2.96. The van der Waals surface area contributed by atoms with Gasteiger partial charge in [-0.3, -0.25) is 0 Å². The summed E-state index contributed by atoms with van der Waals surface area (Å²) in [6, 6.07) is 15.4. The Hall–Kier alpha value is -1.19. The Labute approximate surface area is 128 Å². The Kier molecular flexibility index (Phi) is 5.74. The maximum absolute atomic E-state index is 13.1. The molecular weight excluding hydrogens is 317 g/mol. The molecule has 2 aromatic carbocycles. The van der Waals surface area contributed by atoms with Gasteiger partial charge in [0.2, 0.25) is 0 Å². The van der Waals surface area contributed by atoms with Gasteiger partial charge in [0.1, 0.15) is 5.82 Å². The molecule has 20 heavy (non-hydrogen) atoms. The van der Waals surface area contributed by atoms with E-state index in [1.807, 2.05) is 19.2 Å². The maximum atomic E-state index is 13.1. The highest BCUT2D eigenvalue weighted by Gasteiger charge is 2.11. The average molecular weight is 336 g/mol. The van der Waals surface area contributed by atoms with Gasteiger partial charge in [0.15, 0.2) is 0 Å². The Balaban J connectivity index is 2.06. The van der Waals surface area contributed by atoms with Crippen LogP contribution in [0.25, 0.3) is 0 Å². The molecular formula is C17H19BrFN. The van der Waals surface area contributed by atoms with Crippen LogP contribution < -0.4 is 5.32 Å². The monoisotopic (exact) mass is 335 g/mol. The summed E-state index contributed by atoms with van der Waals surface area (Å²) in [4.78, 5) is 0. The molecule has 0 radical (unpaired) electrons. The quantitative estimate of drug-likeness (QED) is 0.818. The minimum Gasteiger partial charge on any atom is -0.319 e. The van der Waals surface area contributed by atoms with E-state index in [-0.39, 0.29) is 5.82 Å². The Morgan fingerprint density at radius 3 is 2.55 bits per heavy atom. The molecule has 1 atom stereocenters. The van der Waals surface area contributed by atoms with E-state index in [9.17, 15) is 4.39 Å². The Bertz CT molecular complexity index is 542. The summed E-state index contributed by atoms with van der Waals surface area (Å²) >= 11 is 3.44. The fraction of sp³-hybridized carbons (Fsp3) is 0.294. The molecule has 0 saturated heterocycles. The summed E-state index contributed by atoms with van der Waals surface area (Å²) in [7, 11) is 1.98. The van der Waals surface area contributed by atoms with E-state index < -0.39 is 0 Å². The molecule has 1 unspecified atom stereocenters. The van der Waals surface area contributed by atoms with Gasteiger partial charge < -0.3 is 5.32 Å². The van der Waals surface area contributed by atoms with E-state index in [0.29, 0.717) is 5.92 Å². The van der Waals surface area contributed by atoms with E-state index in [2.05, 4.69) is 45.5 Å². The molecule has 1 N–H and O–H groups in total. The maximum Gasteiger partial charge on any atom is 0.124 e. The lowest BCUT2D eigenvalue weighted by atomic mass is 9.92. The summed E-state index contributed by atoms with van der Waals surface area (Å²) in [5, 5.41) is 3.25. The van der Waals surface area contributed by atoms with Crippen LogP contribution in [0.15, 0.2) is 53.0 Å². The molecule has 3 heteroatoms. The van der Waals surface area contributed by atoms with Crippen LogP contribution in [0, 0.1) is 5.82 Å². The first kappa shape index (κ1) is 15.2.